The molecule has 2 heterocycles. The Balaban J connectivity index is 1.25. The molecule has 3 nitrogen and oxygen atoms in total. The summed E-state index contributed by atoms with van der Waals surface area (Å²) >= 11 is 0. The number of fused-ring (bicyclic) bond motifs is 6. The first-order valence-electron chi connectivity index (χ1n) is 20.6. The Bertz CT molecular complexity index is 3650. The molecule has 0 aliphatic heterocycles. The van der Waals surface area contributed by atoms with Crippen molar-refractivity contribution in [1.29, 1.82) is 5.26 Å². The van der Waals surface area contributed by atoms with Crippen molar-refractivity contribution in [2.45, 2.75) is 32.4 Å². The molecule has 0 aliphatic carbocycles. The van der Waals surface area contributed by atoms with Gasteiger partial charge >= 0.3 is 18.5 Å². The number of alkyl halides is 9. The number of para-hydroxylation sites is 2. The highest BCUT2D eigenvalue weighted by molar-refractivity contribution is 6.12. The van der Waals surface area contributed by atoms with Gasteiger partial charge in [-0.25, -0.2) is 0 Å². The zero-order chi connectivity index (χ0) is 46.4. The Morgan fingerprint density at radius 3 is 1.33 bits per heavy atom. The van der Waals surface area contributed by atoms with Gasteiger partial charge in [0.25, 0.3) is 0 Å². The first kappa shape index (κ1) is 42.2. The topological polar surface area (TPSA) is 33.6 Å². The summed E-state index contributed by atoms with van der Waals surface area (Å²) in [5, 5.41) is 13.6. The maximum atomic E-state index is 15.1. The maximum absolute atomic E-state index is 15.1. The summed E-state index contributed by atoms with van der Waals surface area (Å²) in [4.78, 5) is 0. The van der Waals surface area contributed by atoms with Gasteiger partial charge in [-0.2, -0.15) is 44.8 Å². The predicted molar refractivity (Wildman–Crippen MR) is 241 cm³/mol. The number of halogens is 9. The number of nitriles is 1. The molecule has 0 bridgehead atoms. The van der Waals surface area contributed by atoms with Crippen LogP contribution in [0.25, 0.3) is 88.4 Å². The summed E-state index contributed by atoms with van der Waals surface area (Å²) in [6.45, 7) is 3.17. The number of benzene rings is 8. The summed E-state index contributed by atoms with van der Waals surface area (Å²) in [7, 11) is 0. The van der Waals surface area contributed by atoms with Crippen molar-refractivity contribution < 1.29 is 39.5 Å². The van der Waals surface area contributed by atoms with E-state index < -0.39 is 35.2 Å². The quantitative estimate of drug-likeness (QED) is 0.159. The first-order chi connectivity index (χ1) is 31.4. The molecule has 0 atom stereocenters. The molecule has 0 saturated carbocycles. The van der Waals surface area contributed by atoms with Gasteiger partial charge in [0.2, 0.25) is 0 Å². The molecular weight excluding hydrogens is 862 g/mol. The molecule has 0 N–H and O–H groups in total. The Morgan fingerprint density at radius 1 is 0.394 bits per heavy atom. The van der Waals surface area contributed by atoms with Crippen LogP contribution in [-0.4, -0.2) is 9.13 Å². The lowest BCUT2D eigenvalue weighted by Gasteiger charge is -2.21. The summed E-state index contributed by atoms with van der Waals surface area (Å²) in [5.74, 6) is 0. The van der Waals surface area contributed by atoms with Crippen molar-refractivity contribution in [2.75, 3.05) is 0 Å². The van der Waals surface area contributed by atoms with E-state index in [0.29, 0.717) is 77.0 Å². The van der Waals surface area contributed by atoms with E-state index in [-0.39, 0.29) is 28.1 Å². The minimum atomic E-state index is -4.80. The highest BCUT2D eigenvalue weighted by Crippen LogP contribution is 2.46. The fourth-order valence-electron chi connectivity index (χ4n) is 9.27. The molecule has 0 saturated heterocycles. The second-order valence-electron chi connectivity index (χ2n) is 16.4. The smallest absolute Gasteiger partial charge is 0.309 e. The van der Waals surface area contributed by atoms with E-state index >= 15 is 13.2 Å². The third-order valence-electron chi connectivity index (χ3n) is 12.1. The van der Waals surface area contributed by atoms with Crippen LogP contribution in [0.1, 0.15) is 33.4 Å². The van der Waals surface area contributed by atoms with Gasteiger partial charge in [-0.05, 0) is 132 Å². The summed E-state index contributed by atoms with van der Waals surface area (Å²) in [6.07, 6.45) is -14.0. The first-order valence-corrected chi connectivity index (χ1v) is 20.6. The van der Waals surface area contributed by atoms with Crippen LogP contribution in [0.4, 0.5) is 39.5 Å². The molecule has 0 amide bonds. The molecule has 8 aromatic carbocycles. The molecule has 0 radical (unpaired) electrons. The average molecular weight is 894 g/mol. The minimum absolute atomic E-state index is 0.0977. The number of hydrogen-bond acceptors (Lipinski definition) is 1. The van der Waals surface area contributed by atoms with Crippen LogP contribution in [0, 0.1) is 25.2 Å². The van der Waals surface area contributed by atoms with E-state index in [4.69, 9.17) is 0 Å². The van der Waals surface area contributed by atoms with Gasteiger partial charge in [0.15, 0.2) is 0 Å². The molecule has 0 fully saturated rings. The summed E-state index contributed by atoms with van der Waals surface area (Å²) < 4.78 is 132. The molecule has 10 rings (SSSR count). The Morgan fingerprint density at radius 2 is 0.848 bits per heavy atom. The molecule has 2 aromatic heterocycles. The number of rotatable bonds is 5. The highest BCUT2D eigenvalue weighted by atomic mass is 19.4. The van der Waals surface area contributed by atoms with Crippen molar-refractivity contribution in [3.05, 3.63) is 191 Å². The third kappa shape index (κ3) is 7.12. The van der Waals surface area contributed by atoms with Crippen molar-refractivity contribution in [3.63, 3.8) is 0 Å². The van der Waals surface area contributed by atoms with Gasteiger partial charge in [0.05, 0.1) is 55.7 Å². The van der Waals surface area contributed by atoms with Crippen LogP contribution in [-0.2, 0) is 18.5 Å². The monoisotopic (exact) mass is 893 g/mol. The number of hydrogen-bond donors (Lipinski definition) is 0. The van der Waals surface area contributed by atoms with E-state index in [2.05, 4.69) is 6.07 Å². The zero-order valence-corrected chi connectivity index (χ0v) is 34.8. The third-order valence-corrected chi connectivity index (χ3v) is 12.1. The zero-order valence-electron chi connectivity index (χ0n) is 34.8. The average Bonchev–Trinajstić information content (AvgIpc) is 3.79. The van der Waals surface area contributed by atoms with Crippen LogP contribution in [0.15, 0.2) is 158 Å². The summed E-state index contributed by atoms with van der Waals surface area (Å²) in [6, 6.07) is 42.9. The van der Waals surface area contributed by atoms with E-state index in [0.717, 1.165) is 30.3 Å². The molecule has 0 unspecified atom stereocenters. The maximum Gasteiger partial charge on any atom is 0.417 e. The normalized spacial score (nSPS) is 12.5. The molecule has 12 heteroatoms. The van der Waals surface area contributed by atoms with E-state index in [1.807, 2.05) is 12.1 Å². The lowest BCUT2D eigenvalue weighted by molar-refractivity contribution is -0.138. The van der Waals surface area contributed by atoms with Gasteiger partial charge in [0, 0.05) is 27.1 Å². The number of nitrogens with zero attached hydrogens (tertiary/aromatic N) is 3. The fourth-order valence-corrected chi connectivity index (χ4v) is 9.27. The van der Waals surface area contributed by atoms with E-state index in [1.54, 1.807) is 120 Å². The van der Waals surface area contributed by atoms with Gasteiger partial charge in [-0.1, -0.05) is 78.9 Å². The highest BCUT2D eigenvalue weighted by Gasteiger charge is 2.35. The van der Waals surface area contributed by atoms with Gasteiger partial charge in [0.1, 0.15) is 6.07 Å². The predicted octanol–water partition coefficient (Wildman–Crippen LogP) is 16.4. The van der Waals surface area contributed by atoms with E-state index in [9.17, 15) is 31.6 Å². The van der Waals surface area contributed by atoms with Crippen molar-refractivity contribution in [1.82, 2.24) is 9.13 Å². The SMILES string of the molecule is Cc1cc(-c2ccc3c(c2)c2ccccc2n3-c2cc(-c3ccccc3C(F)(F)F)c(-n3c4ccccc4c4cc(-c5cc(C)cc(C(F)(F)F)c5)ccc43)cc2C#N)cc(C(F)(F)F)c1. The second kappa shape index (κ2) is 15.2. The molecular formula is C54H32F9N3. The Kier molecular flexibility index (Phi) is 9.69. The largest absolute Gasteiger partial charge is 0.417 e. The number of aryl methyl sites for hydroxylation is 2. The lowest BCUT2D eigenvalue weighted by atomic mass is 9.95. The lowest BCUT2D eigenvalue weighted by Crippen LogP contribution is -2.09. The molecule has 0 aliphatic rings. The van der Waals surface area contributed by atoms with Crippen LogP contribution < -0.4 is 0 Å². The van der Waals surface area contributed by atoms with Gasteiger partial charge in [-0.15, -0.1) is 0 Å². The molecule has 326 valence electrons. The molecule has 66 heavy (non-hydrogen) atoms. The van der Waals surface area contributed by atoms with E-state index in [1.165, 1.54) is 18.2 Å². The minimum Gasteiger partial charge on any atom is -0.309 e. The molecule has 10 aromatic rings. The van der Waals surface area contributed by atoms with Crippen LogP contribution >= 0.6 is 0 Å². The fraction of sp³-hybridized carbons (Fsp3) is 0.0926. The van der Waals surface area contributed by atoms with Crippen LogP contribution in [0.2, 0.25) is 0 Å². The second-order valence-corrected chi connectivity index (χ2v) is 16.4. The van der Waals surface area contributed by atoms with Crippen LogP contribution in [0.5, 0.6) is 0 Å². The standard InChI is InChI=1S/C54H32F9N3/c1-30-19-34(23-37(21-30)52(55,56)57)32-15-17-48-42(25-32)40-10-4-7-13-46(40)65(48)50-28-44(39-9-3-6-12-45(39)54(61,62)63)51(27-36(50)29-64)66-47-14-8-5-11-41(47)43-26-33(16-18-49(43)66)35-20-31(2)22-38(24-35)53(58,59)60/h3-28H,1-2H3. The van der Waals surface area contributed by atoms with Crippen molar-refractivity contribution >= 4 is 43.6 Å². The molecule has 0 spiro atoms. The summed E-state index contributed by atoms with van der Waals surface area (Å²) in [5.41, 5.74) is 2.79. The van der Waals surface area contributed by atoms with Gasteiger partial charge < -0.3 is 9.13 Å². The van der Waals surface area contributed by atoms with Gasteiger partial charge in [-0.3, -0.25) is 0 Å². The van der Waals surface area contributed by atoms with Crippen molar-refractivity contribution in [2.24, 2.45) is 0 Å². The van der Waals surface area contributed by atoms with Crippen LogP contribution in [0.3, 0.4) is 0 Å². The Hall–Kier alpha value is -7.78. The van der Waals surface area contributed by atoms with Crippen molar-refractivity contribution in [3.8, 4) is 50.8 Å². The Labute approximate surface area is 370 Å². The number of aromatic nitrogens is 2.